The molecule has 0 heterocycles. The van der Waals surface area contributed by atoms with Crippen molar-refractivity contribution in [1.29, 1.82) is 0 Å². The van der Waals surface area contributed by atoms with Crippen LogP contribution in [-0.4, -0.2) is 18.0 Å². The summed E-state index contributed by atoms with van der Waals surface area (Å²) < 4.78 is 6.24. The normalized spacial score (nSPS) is 27.6. The number of carbonyl (C=O) groups excluding carboxylic acids is 1. The van der Waals surface area contributed by atoms with E-state index in [1.54, 1.807) is 0 Å². The van der Waals surface area contributed by atoms with Crippen LogP contribution in [0.1, 0.15) is 86.0 Å². The van der Waals surface area contributed by atoms with Gasteiger partial charge in [-0.05, 0) is 30.6 Å². The fraction of sp³-hybridized carbons (Fsp3) is 0.944. The van der Waals surface area contributed by atoms with Crippen molar-refractivity contribution in [1.82, 2.24) is 0 Å². The Bertz CT molecular complexity index is 303. The minimum atomic E-state index is -0.0260. The van der Waals surface area contributed by atoms with E-state index >= 15 is 0 Å². The molecule has 0 saturated heterocycles. The van der Waals surface area contributed by atoms with Gasteiger partial charge in [0, 0.05) is 6.42 Å². The average molecular weight is 282 g/mol. The third kappa shape index (κ3) is 5.55. The molecule has 2 nitrogen and oxygen atoms in total. The van der Waals surface area contributed by atoms with Crippen molar-refractivity contribution in [2.75, 3.05) is 6.61 Å². The van der Waals surface area contributed by atoms with Crippen molar-refractivity contribution in [3.05, 3.63) is 0 Å². The van der Waals surface area contributed by atoms with Gasteiger partial charge in [0.05, 0.1) is 5.60 Å². The molecule has 0 aromatic carbocycles. The Morgan fingerprint density at radius 2 is 2.00 bits per heavy atom. The standard InChI is InChI=1S/C18H34O2/c1-6-7-11-18(12-9-8-10-15(18)2)20-14-16(19)13-17(3,4)5/h15H,6-14H2,1-5H3. The van der Waals surface area contributed by atoms with Crippen molar-refractivity contribution in [3.8, 4) is 0 Å². The van der Waals surface area contributed by atoms with E-state index < -0.39 is 0 Å². The zero-order chi connectivity index (χ0) is 15.2. The van der Waals surface area contributed by atoms with E-state index in [2.05, 4.69) is 34.6 Å². The van der Waals surface area contributed by atoms with Gasteiger partial charge in [0.1, 0.15) is 6.61 Å². The number of hydrogen-bond donors (Lipinski definition) is 0. The average Bonchev–Trinajstić information content (AvgIpc) is 2.35. The second-order valence-corrected chi connectivity index (χ2v) is 7.88. The lowest BCUT2D eigenvalue weighted by atomic mass is 9.73. The van der Waals surface area contributed by atoms with Crippen LogP contribution >= 0.6 is 0 Å². The van der Waals surface area contributed by atoms with Gasteiger partial charge in [0.2, 0.25) is 0 Å². The van der Waals surface area contributed by atoms with Crippen LogP contribution in [0.5, 0.6) is 0 Å². The van der Waals surface area contributed by atoms with Crippen LogP contribution in [0.4, 0.5) is 0 Å². The first-order chi connectivity index (χ1) is 9.29. The van der Waals surface area contributed by atoms with Crippen LogP contribution in [-0.2, 0) is 9.53 Å². The first-order valence-corrected chi connectivity index (χ1v) is 8.45. The first kappa shape index (κ1) is 17.7. The van der Waals surface area contributed by atoms with E-state index in [9.17, 15) is 4.79 Å². The first-order valence-electron chi connectivity index (χ1n) is 8.45. The van der Waals surface area contributed by atoms with E-state index in [4.69, 9.17) is 4.74 Å². The molecule has 2 unspecified atom stereocenters. The van der Waals surface area contributed by atoms with Crippen molar-refractivity contribution in [2.24, 2.45) is 11.3 Å². The molecule has 0 bridgehead atoms. The van der Waals surface area contributed by atoms with Crippen molar-refractivity contribution in [2.45, 2.75) is 91.6 Å². The molecule has 1 saturated carbocycles. The second-order valence-electron chi connectivity index (χ2n) is 7.88. The summed E-state index contributed by atoms with van der Waals surface area (Å²) in [5.41, 5.74) is 0.0387. The molecule has 118 valence electrons. The third-order valence-corrected chi connectivity index (χ3v) is 4.59. The summed E-state index contributed by atoms with van der Waals surface area (Å²) in [6, 6.07) is 0. The molecule has 20 heavy (non-hydrogen) atoms. The van der Waals surface area contributed by atoms with E-state index in [0.717, 1.165) is 12.8 Å². The molecule has 2 atom stereocenters. The molecule has 1 aliphatic rings. The summed E-state index contributed by atoms with van der Waals surface area (Å²) in [4.78, 5) is 12.1. The van der Waals surface area contributed by atoms with Gasteiger partial charge in [0.15, 0.2) is 5.78 Å². The zero-order valence-electron chi connectivity index (χ0n) is 14.3. The number of unbranched alkanes of at least 4 members (excludes halogenated alkanes) is 1. The maximum absolute atomic E-state index is 12.1. The quantitative estimate of drug-likeness (QED) is 0.645. The summed E-state index contributed by atoms with van der Waals surface area (Å²) in [5, 5.41) is 0. The third-order valence-electron chi connectivity index (χ3n) is 4.59. The topological polar surface area (TPSA) is 26.3 Å². The largest absolute Gasteiger partial charge is 0.367 e. The van der Waals surface area contributed by atoms with Crippen LogP contribution in [0.3, 0.4) is 0 Å². The molecule has 1 rings (SSSR count). The Labute approximate surface area is 125 Å². The Kier molecular flexibility index (Phi) is 6.71. The van der Waals surface area contributed by atoms with Crippen molar-refractivity contribution >= 4 is 5.78 Å². The summed E-state index contributed by atoms with van der Waals surface area (Å²) in [7, 11) is 0. The highest BCUT2D eigenvalue weighted by molar-refractivity contribution is 5.80. The van der Waals surface area contributed by atoms with Crippen LogP contribution in [0.2, 0.25) is 0 Å². The van der Waals surface area contributed by atoms with E-state index in [0.29, 0.717) is 18.9 Å². The molecule has 1 aliphatic carbocycles. The van der Waals surface area contributed by atoms with Crippen molar-refractivity contribution < 1.29 is 9.53 Å². The van der Waals surface area contributed by atoms with Crippen LogP contribution in [0, 0.1) is 11.3 Å². The number of hydrogen-bond acceptors (Lipinski definition) is 2. The highest BCUT2D eigenvalue weighted by Crippen LogP contribution is 2.40. The summed E-state index contributed by atoms with van der Waals surface area (Å²) in [6.45, 7) is 11.2. The second kappa shape index (κ2) is 7.59. The number of ketones is 1. The molecule has 0 aromatic heterocycles. The molecule has 0 aromatic rings. The van der Waals surface area contributed by atoms with Gasteiger partial charge < -0.3 is 4.74 Å². The number of ether oxygens (including phenoxy) is 1. The minimum Gasteiger partial charge on any atom is -0.367 e. The Hall–Kier alpha value is -0.370. The highest BCUT2D eigenvalue weighted by atomic mass is 16.5. The highest BCUT2D eigenvalue weighted by Gasteiger charge is 2.39. The molecule has 0 radical (unpaired) electrons. The summed E-state index contributed by atoms with van der Waals surface area (Å²) in [6.07, 6.45) is 9.09. The Morgan fingerprint density at radius 3 is 2.55 bits per heavy atom. The van der Waals surface area contributed by atoms with Crippen LogP contribution < -0.4 is 0 Å². The molecular weight excluding hydrogens is 248 g/mol. The van der Waals surface area contributed by atoms with E-state index in [1.165, 1.54) is 32.1 Å². The SMILES string of the molecule is CCCCC1(OCC(=O)CC(C)(C)C)CCCCC1C. The van der Waals surface area contributed by atoms with Gasteiger partial charge in [-0.3, -0.25) is 4.79 Å². The summed E-state index contributed by atoms with van der Waals surface area (Å²) >= 11 is 0. The maximum atomic E-state index is 12.1. The lowest BCUT2D eigenvalue weighted by Gasteiger charge is -2.43. The molecular formula is C18H34O2. The number of rotatable bonds is 7. The summed E-state index contributed by atoms with van der Waals surface area (Å²) in [5.74, 6) is 0.844. The lowest BCUT2D eigenvalue weighted by molar-refractivity contribution is -0.144. The maximum Gasteiger partial charge on any atom is 0.159 e. The van der Waals surface area contributed by atoms with E-state index in [-0.39, 0.29) is 16.8 Å². The Morgan fingerprint density at radius 1 is 1.30 bits per heavy atom. The van der Waals surface area contributed by atoms with Crippen LogP contribution in [0.15, 0.2) is 0 Å². The van der Waals surface area contributed by atoms with Gasteiger partial charge in [-0.25, -0.2) is 0 Å². The molecule has 0 amide bonds. The van der Waals surface area contributed by atoms with Gasteiger partial charge in [-0.15, -0.1) is 0 Å². The smallest absolute Gasteiger partial charge is 0.159 e. The van der Waals surface area contributed by atoms with Gasteiger partial charge in [-0.2, -0.15) is 0 Å². The number of Topliss-reactive ketones (excluding diaryl/α,β-unsaturated/α-hetero) is 1. The predicted molar refractivity (Wildman–Crippen MR) is 84.9 cm³/mol. The molecule has 0 N–H and O–H groups in total. The monoisotopic (exact) mass is 282 g/mol. The fourth-order valence-electron chi connectivity index (χ4n) is 3.38. The predicted octanol–water partition coefficient (Wildman–Crippen LogP) is 5.15. The number of carbonyl (C=O) groups is 1. The minimum absolute atomic E-state index is 0.0260. The van der Waals surface area contributed by atoms with Crippen molar-refractivity contribution in [3.63, 3.8) is 0 Å². The molecule has 0 aliphatic heterocycles. The molecule has 1 fully saturated rings. The fourth-order valence-corrected chi connectivity index (χ4v) is 3.38. The zero-order valence-corrected chi connectivity index (χ0v) is 14.3. The lowest BCUT2D eigenvalue weighted by Crippen LogP contribution is -2.43. The van der Waals surface area contributed by atoms with Gasteiger partial charge in [0.25, 0.3) is 0 Å². The Balaban J connectivity index is 2.58. The van der Waals surface area contributed by atoms with Gasteiger partial charge in [-0.1, -0.05) is 60.3 Å². The molecule has 2 heteroatoms. The van der Waals surface area contributed by atoms with Gasteiger partial charge >= 0.3 is 0 Å². The van der Waals surface area contributed by atoms with Crippen LogP contribution in [0.25, 0.3) is 0 Å². The van der Waals surface area contributed by atoms with E-state index in [1.807, 2.05) is 0 Å². The molecule has 0 spiro atoms.